The van der Waals surface area contributed by atoms with E-state index in [1.807, 2.05) is 17.5 Å². The van der Waals surface area contributed by atoms with Gasteiger partial charge in [-0.1, -0.05) is 18.2 Å². The predicted molar refractivity (Wildman–Crippen MR) is 112 cm³/mol. The Morgan fingerprint density at radius 1 is 1.13 bits per heavy atom. The van der Waals surface area contributed by atoms with Crippen LogP contribution in [0.5, 0.6) is 11.8 Å². The van der Waals surface area contributed by atoms with E-state index in [9.17, 15) is 9.18 Å². The Morgan fingerprint density at radius 2 is 1.87 bits per heavy atom. The van der Waals surface area contributed by atoms with Gasteiger partial charge in [0.05, 0.1) is 22.0 Å². The second kappa shape index (κ2) is 8.03. The molecule has 9 heteroatoms. The molecule has 152 valence electrons. The summed E-state index contributed by atoms with van der Waals surface area (Å²) in [5.41, 5.74) is 2.62. The quantitative estimate of drug-likeness (QED) is 0.501. The van der Waals surface area contributed by atoms with Gasteiger partial charge < -0.3 is 10.1 Å². The largest absolute Gasteiger partial charge is 0.421 e. The van der Waals surface area contributed by atoms with E-state index in [0.717, 1.165) is 10.6 Å². The molecule has 0 radical (unpaired) electrons. The normalized spacial score (nSPS) is 10.8. The number of para-hydroxylation sites is 1. The fraction of sp³-hybridized carbons (Fsp3) is 0.143. The molecule has 0 unspecified atom stereocenters. The minimum Gasteiger partial charge on any atom is -0.421 e. The highest BCUT2D eigenvalue weighted by Crippen LogP contribution is 2.27. The first-order valence-corrected chi connectivity index (χ1v) is 9.97. The third kappa shape index (κ3) is 3.92. The molecule has 0 aliphatic heterocycles. The molecule has 0 aliphatic carbocycles. The van der Waals surface area contributed by atoms with Gasteiger partial charge in [0.2, 0.25) is 0 Å². The molecule has 3 aromatic heterocycles. The summed E-state index contributed by atoms with van der Waals surface area (Å²) < 4.78 is 20.8. The SMILES string of the molecule is Cc1nc(Oc2ccccc2F)nc(C)c1NC(=O)c1cc(-c2cccs2)nn1C. The van der Waals surface area contributed by atoms with Crippen molar-refractivity contribution in [2.75, 3.05) is 5.32 Å². The predicted octanol–water partition coefficient (Wildman–Crippen LogP) is 4.74. The molecule has 1 N–H and O–H groups in total. The molecular weight excluding hydrogens is 405 g/mol. The van der Waals surface area contributed by atoms with E-state index in [1.54, 1.807) is 50.4 Å². The Morgan fingerprint density at radius 3 is 2.53 bits per heavy atom. The van der Waals surface area contributed by atoms with Crippen molar-refractivity contribution >= 4 is 22.9 Å². The van der Waals surface area contributed by atoms with E-state index >= 15 is 0 Å². The maximum atomic E-state index is 13.8. The van der Waals surface area contributed by atoms with Crippen molar-refractivity contribution in [3.63, 3.8) is 0 Å². The van der Waals surface area contributed by atoms with Gasteiger partial charge >= 0.3 is 6.01 Å². The summed E-state index contributed by atoms with van der Waals surface area (Å²) >= 11 is 1.55. The number of halogens is 1. The maximum absolute atomic E-state index is 13.8. The van der Waals surface area contributed by atoms with E-state index in [2.05, 4.69) is 20.4 Å². The van der Waals surface area contributed by atoms with E-state index < -0.39 is 5.82 Å². The Kier molecular flexibility index (Phi) is 5.28. The summed E-state index contributed by atoms with van der Waals surface area (Å²) in [6.07, 6.45) is 0. The van der Waals surface area contributed by atoms with Crippen LogP contribution in [-0.2, 0) is 7.05 Å². The number of amides is 1. The van der Waals surface area contributed by atoms with Gasteiger partial charge in [-0.05, 0) is 43.5 Å². The highest BCUT2D eigenvalue weighted by atomic mass is 32.1. The zero-order chi connectivity index (χ0) is 21.3. The number of thiophene rings is 1. The first kappa shape index (κ1) is 19.7. The maximum Gasteiger partial charge on any atom is 0.322 e. The molecule has 0 spiro atoms. The first-order chi connectivity index (χ1) is 14.4. The number of carbonyl (C=O) groups excluding carboxylic acids is 1. The smallest absolute Gasteiger partial charge is 0.322 e. The summed E-state index contributed by atoms with van der Waals surface area (Å²) in [5.74, 6) is -0.805. The Labute approximate surface area is 176 Å². The van der Waals surface area contributed by atoms with Crippen LogP contribution in [0.3, 0.4) is 0 Å². The topological polar surface area (TPSA) is 81.9 Å². The third-order valence-electron chi connectivity index (χ3n) is 4.41. The lowest BCUT2D eigenvalue weighted by Crippen LogP contribution is -2.18. The summed E-state index contributed by atoms with van der Waals surface area (Å²) in [4.78, 5) is 22.3. The fourth-order valence-electron chi connectivity index (χ4n) is 2.94. The number of benzene rings is 1. The van der Waals surface area contributed by atoms with Crippen molar-refractivity contribution in [1.82, 2.24) is 19.7 Å². The Balaban J connectivity index is 1.56. The lowest BCUT2D eigenvalue weighted by atomic mass is 10.2. The van der Waals surface area contributed by atoms with Crippen molar-refractivity contribution in [1.29, 1.82) is 0 Å². The molecule has 0 saturated heterocycles. The van der Waals surface area contributed by atoms with E-state index in [0.29, 0.717) is 22.8 Å². The molecule has 1 aromatic carbocycles. The standard InChI is InChI=1S/C21H18FN5O2S/c1-12-19(13(2)24-21(23-12)29-17-8-5-4-7-14(17)22)25-20(28)16-11-15(26-27(16)3)18-9-6-10-30-18/h4-11H,1-3H3,(H,25,28). The van der Waals surface area contributed by atoms with Crippen LogP contribution in [0.1, 0.15) is 21.9 Å². The second-order valence-electron chi connectivity index (χ2n) is 6.55. The van der Waals surface area contributed by atoms with Crippen LogP contribution < -0.4 is 10.1 Å². The van der Waals surface area contributed by atoms with Gasteiger partial charge in [-0.15, -0.1) is 11.3 Å². The van der Waals surface area contributed by atoms with Crippen molar-refractivity contribution in [2.24, 2.45) is 7.05 Å². The first-order valence-electron chi connectivity index (χ1n) is 9.09. The Bertz CT molecular complexity index is 1200. The van der Waals surface area contributed by atoms with Crippen molar-refractivity contribution in [3.05, 3.63) is 70.7 Å². The molecule has 4 rings (SSSR count). The lowest BCUT2D eigenvalue weighted by Gasteiger charge is -2.12. The second-order valence-corrected chi connectivity index (χ2v) is 7.50. The van der Waals surface area contributed by atoms with E-state index in [-0.39, 0.29) is 17.7 Å². The number of hydrogen-bond acceptors (Lipinski definition) is 6. The molecule has 0 fully saturated rings. The highest BCUT2D eigenvalue weighted by Gasteiger charge is 2.18. The zero-order valence-corrected chi connectivity index (χ0v) is 17.3. The molecular formula is C21H18FN5O2S. The zero-order valence-electron chi connectivity index (χ0n) is 16.5. The van der Waals surface area contributed by atoms with E-state index in [1.165, 1.54) is 16.8 Å². The van der Waals surface area contributed by atoms with Crippen LogP contribution in [0.25, 0.3) is 10.6 Å². The number of nitrogens with zero attached hydrogens (tertiary/aromatic N) is 4. The number of ether oxygens (including phenoxy) is 1. The number of rotatable bonds is 5. The van der Waals surface area contributed by atoms with Crippen molar-refractivity contribution in [2.45, 2.75) is 13.8 Å². The van der Waals surface area contributed by atoms with Crippen LogP contribution in [-0.4, -0.2) is 25.7 Å². The number of aryl methyl sites for hydroxylation is 3. The minimum atomic E-state index is -0.508. The molecule has 30 heavy (non-hydrogen) atoms. The van der Waals surface area contributed by atoms with Gasteiger partial charge in [0.15, 0.2) is 11.6 Å². The number of anilines is 1. The average Bonchev–Trinajstić information content (AvgIpc) is 3.36. The molecule has 4 aromatic rings. The number of nitrogens with one attached hydrogen (secondary N) is 1. The van der Waals surface area contributed by atoms with Gasteiger partial charge in [0, 0.05) is 7.05 Å². The molecule has 1 amide bonds. The van der Waals surface area contributed by atoms with Gasteiger partial charge in [-0.25, -0.2) is 4.39 Å². The molecule has 3 heterocycles. The van der Waals surface area contributed by atoms with Gasteiger partial charge in [0.25, 0.3) is 5.91 Å². The van der Waals surface area contributed by atoms with Crippen molar-refractivity contribution in [3.8, 4) is 22.3 Å². The average molecular weight is 423 g/mol. The van der Waals surface area contributed by atoms with Crippen LogP contribution in [0.15, 0.2) is 47.8 Å². The number of aromatic nitrogens is 4. The van der Waals surface area contributed by atoms with Crippen molar-refractivity contribution < 1.29 is 13.9 Å². The number of hydrogen-bond donors (Lipinski definition) is 1. The molecule has 0 bridgehead atoms. The van der Waals surface area contributed by atoms with Crippen LogP contribution in [0.4, 0.5) is 10.1 Å². The Hall–Kier alpha value is -3.59. The molecule has 0 aliphatic rings. The third-order valence-corrected chi connectivity index (χ3v) is 5.31. The number of carbonyl (C=O) groups is 1. The molecule has 0 saturated carbocycles. The lowest BCUT2D eigenvalue weighted by molar-refractivity contribution is 0.101. The summed E-state index contributed by atoms with van der Waals surface area (Å²) in [7, 11) is 1.72. The van der Waals surface area contributed by atoms with Gasteiger partial charge in [-0.3, -0.25) is 9.48 Å². The van der Waals surface area contributed by atoms with Gasteiger partial charge in [0.1, 0.15) is 11.4 Å². The van der Waals surface area contributed by atoms with Crippen LogP contribution in [0.2, 0.25) is 0 Å². The van der Waals surface area contributed by atoms with Gasteiger partial charge in [-0.2, -0.15) is 15.1 Å². The monoisotopic (exact) mass is 423 g/mol. The molecule has 7 nitrogen and oxygen atoms in total. The highest BCUT2D eigenvalue weighted by molar-refractivity contribution is 7.13. The summed E-state index contributed by atoms with van der Waals surface area (Å²) in [6, 6.07) is 11.6. The van der Waals surface area contributed by atoms with E-state index in [4.69, 9.17) is 4.74 Å². The van der Waals surface area contributed by atoms with Crippen LogP contribution in [0, 0.1) is 19.7 Å². The minimum absolute atomic E-state index is 0.00798. The fourth-order valence-corrected chi connectivity index (χ4v) is 3.62. The molecule has 0 atom stereocenters. The van der Waals surface area contributed by atoms with Crippen LogP contribution >= 0.6 is 11.3 Å². The summed E-state index contributed by atoms with van der Waals surface area (Å²) in [6.45, 7) is 3.44. The summed E-state index contributed by atoms with van der Waals surface area (Å²) in [5, 5.41) is 9.21.